The Kier molecular flexibility index (Phi) is 2.49. The minimum absolute atomic E-state index is 0.475. The maximum atomic E-state index is 7.09. The first-order valence-corrected chi connectivity index (χ1v) is 6.59. The molecule has 0 amide bonds. The second-order valence-electron chi connectivity index (χ2n) is 5.00. The predicted octanol–water partition coefficient (Wildman–Crippen LogP) is 0.631. The van der Waals surface area contributed by atoms with Crippen molar-refractivity contribution < 1.29 is 0 Å². The van der Waals surface area contributed by atoms with Gasteiger partial charge in [0, 0.05) is 25.3 Å². The number of fused-ring (bicyclic) bond motifs is 3. The van der Waals surface area contributed by atoms with E-state index in [9.17, 15) is 0 Å². The molecule has 1 aliphatic rings. The topological polar surface area (TPSA) is 75.6 Å². The molecular formula is C13H12N8. The molecule has 3 aromatic heterocycles. The van der Waals surface area contributed by atoms with Crippen LogP contribution in [0.25, 0.3) is 21.7 Å². The molecule has 1 fully saturated rings. The highest BCUT2D eigenvalue weighted by molar-refractivity contribution is 5.82. The van der Waals surface area contributed by atoms with E-state index in [0.717, 1.165) is 24.4 Å². The third kappa shape index (κ3) is 1.71. The van der Waals surface area contributed by atoms with Crippen molar-refractivity contribution in [3.63, 3.8) is 0 Å². The first kappa shape index (κ1) is 12.0. The van der Waals surface area contributed by atoms with Gasteiger partial charge in [-0.25, -0.2) is 14.8 Å². The number of hydrogen-bond acceptors (Lipinski definition) is 6. The van der Waals surface area contributed by atoms with E-state index in [1.807, 2.05) is 11.4 Å². The molecule has 0 radical (unpaired) electrons. The number of nitrogens with zero attached hydrogens (tertiary/aromatic N) is 7. The first-order valence-electron chi connectivity index (χ1n) is 6.59. The molecule has 4 rings (SSSR count). The average molecular weight is 280 g/mol. The number of pyridine rings is 1. The molecule has 0 bridgehead atoms. The van der Waals surface area contributed by atoms with Gasteiger partial charge >= 0.3 is 0 Å². The summed E-state index contributed by atoms with van der Waals surface area (Å²) in [6, 6.07) is 2.23. The van der Waals surface area contributed by atoms with Crippen molar-refractivity contribution in [1.82, 2.24) is 29.9 Å². The fourth-order valence-electron chi connectivity index (χ4n) is 2.52. The molecule has 8 nitrogen and oxygen atoms in total. The van der Waals surface area contributed by atoms with Crippen molar-refractivity contribution in [3.8, 4) is 0 Å². The first-order chi connectivity index (χ1) is 10.3. The van der Waals surface area contributed by atoms with E-state index in [1.165, 1.54) is 6.20 Å². The largest absolute Gasteiger partial charge is 0.350 e. The highest BCUT2D eigenvalue weighted by Gasteiger charge is 2.29. The van der Waals surface area contributed by atoms with Gasteiger partial charge in [0.15, 0.2) is 11.5 Å². The Labute approximate surface area is 120 Å². The van der Waals surface area contributed by atoms with E-state index in [0.29, 0.717) is 23.0 Å². The number of aromatic nitrogens is 5. The normalized spacial score (nSPS) is 15.3. The van der Waals surface area contributed by atoms with Crippen LogP contribution in [0.5, 0.6) is 0 Å². The molecule has 1 aliphatic heterocycles. The van der Waals surface area contributed by atoms with Gasteiger partial charge in [0.1, 0.15) is 6.33 Å². The Balaban J connectivity index is 1.91. The Morgan fingerprint density at radius 1 is 1.43 bits per heavy atom. The number of rotatable bonds is 2. The zero-order valence-electron chi connectivity index (χ0n) is 11.4. The van der Waals surface area contributed by atoms with E-state index in [2.05, 4.69) is 35.2 Å². The van der Waals surface area contributed by atoms with Crippen molar-refractivity contribution in [3.05, 3.63) is 30.0 Å². The Morgan fingerprint density at radius 3 is 3.05 bits per heavy atom. The van der Waals surface area contributed by atoms with Crippen molar-refractivity contribution >= 4 is 28.3 Å². The van der Waals surface area contributed by atoms with Crippen molar-refractivity contribution in [1.29, 1.82) is 0 Å². The Bertz CT molecular complexity index is 871. The van der Waals surface area contributed by atoms with Gasteiger partial charge in [-0.1, -0.05) is 0 Å². The van der Waals surface area contributed by atoms with Gasteiger partial charge in [0.05, 0.1) is 12.1 Å². The summed E-state index contributed by atoms with van der Waals surface area (Å²) in [6.45, 7) is 8.86. The summed E-state index contributed by atoms with van der Waals surface area (Å²) in [5, 5.41) is 11.4. The van der Waals surface area contributed by atoms with Crippen molar-refractivity contribution in [2.75, 3.05) is 25.0 Å². The van der Waals surface area contributed by atoms with Crippen LogP contribution in [0.3, 0.4) is 0 Å². The molecule has 4 heterocycles. The van der Waals surface area contributed by atoms with Gasteiger partial charge in [-0.2, -0.15) is 0 Å². The molecule has 0 saturated carbocycles. The monoisotopic (exact) mass is 280 g/mol. The molecule has 0 aromatic carbocycles. The third-order valence-electron chi connectivity index (χ3n) is 3.77. The van der Waals surface area contributed by atoms with Gasteiger partial charge in [-0.3, -0.25) is 4.40 Å². The molecule has 1 N–H and O–H groups in total. The summed E-state index contributed by atoms with van der Waals surface area (Å²) in [6.07, 6.45) is 3.17. The number of anilines is 1. The quantitative estimate of drug-likeness (QED) is 0.694. The Morgan fingerprint density at radius 2 is 2.29 bits per heavy atom. The molecule has 0 unspecified atom stereocenters. The molecular weight excluding hydrogens is 268 g/mol. The minimum atomic E-state index is 0.475. The molecule has 3 aromatic rings. The van der Waals surface area contributed by atoms with Crippen LogP contribution in [-0.4, -0.2) is 50.7 Å². The summed E-state index contributed by atoms with van der Waals surface area (Å²) in [5.74, 6) is 0.787. The second kappa shape index (κ2) is 4.36. The number of hydrogen-bond donors (Lipinski definition) is 1. The fourth-order valence-corrected chi connectivity index (χ4v) is 2.52. The summed E-state index contributed by atoms with van der Waals surface area (Å²) < 4.78 is 1.84. The Hall–Kier alpha value is -2.79. The van der Waals surface area contributed by atoms with Crippen LogP contribution in [0.4, 0.5) is 11.5 Å². The van der Waals surface area contributed by atoms with E-state index < -0.39 is 0 Å². The summed E-state index contributed by atoms with van der Waals surface area (Å²) in [5.41, 5.74) is 2.52. The van der Waals surface area contributed by atoms with E-state index in [-0.39, 0.29) is 0 Å². The van der Waals surface area contributed by atoms with Crippen LogP contribution < -0.4 is 10.2 Å². The standard InChI is InChI=1S/C13H12N8/c1-14-8-3-10-11(16-4-8)18-12(13-19-17-7-21(10)13)20-5-9(6-20)15-2/h3-4,7,9,15H,5-6H2,2H3. The van der Waals surface area contributed by atoms with Crippen LogP contribution in [0.2, 0.25) is 0 Å². The van der Waals surface area contributed by atoms with Crippen LogP contribution in [0.15, 0.2) is 18.6 Å². The van der Waals surface area contributed by atoms with Gasteiger partial charge in [0.2, 0.25) is 11.3 Å². The van der Waals surface area contributed by atoms with Crippen molar-refractivity contribution in [2.24, 2.45) is 0 Å². The summed E-state index contributed by atoms with van der Waals surface area (Å²) >= 11 is 0. The molecule has 0 spiro atoms. The maximum absolute atomic E-state index is 7.09. The van der Waals surface area contributed by atoms with Crippen LogP contribution in [0.1, 0.15) is 0 Å². The number of likely N-dealkylation sites (N-methyl/N-ethyl adjacent to an activating group) is 1. The third-order valence-corrected chi connectivity index (χ3v) is 3.77. The van der Waals surface area contributed by atoms with Crippen LogP contribution in [-0.2, 0) is 0 Å². The predicted molar refractivity (Wildman–Crippen MR) is 77.4 cm³/mol. The highest BCUT2D eigenvalue weighted by atomic mass is 15.3. The molecule has 8 heteroatoms. The SMILES string of the molecule is [C-]#[N+]c1cnc2nc(N3CC(NC)C3)c3nncn3c2c1. The lowest BCUT2D eigenvalue weighted by atomic mass is 10.1. The van der Waals surface area contributed by atoms with Gasteiger partial charge < -0.3 is 10.2 Å². The zero-order valence-corrected chi connectivity index (χ0v) is 11.4. The lowest BCUT2D eigenvalue weighted by Crippen LogP contribution is -2.57. The molecule has 21 heavy (non-hydrogen) atoms. The summed E-state index contributed by atoms with van der Waals surface area (Å²) in [4.78, 5) is 14.4. The highest BCUT2D eigenvalue weighted by Crippen LogP contribution is 2.27. The smallest absolute Gasteiger partial charge is 0.207 e. The molecule has 1 saturated heterocycles. The molecule has 0 aliphatic carbocycles. The summed E-state index contributed by atoms with van der Waals surface area (Å²) in [7, 11) is 1.95. The fraction of sp³-hybridized carbons (Fsp3) is 0.308. The van der Waals surface area contributed by atoms with E-state index in [4.69, 9.17) is 6.57 Å². The maximum Gasteiger partial charge on any atom is 0.207 e. The lowest BCUT2D eigenvalue weighted by Gasteiger charge is -2.39. The second-order valence-corrected chi connectivity index (χ2v) is 5.00. The van der Waals surface area contributed by atoms with Gasteiger partial charge in [-0.15, -0.1) is 10.2 Å². The zero-order chi connectivity index (χ0) is 14.4. The van der Waals surface area contributed by atoms with E-state index in [1.54, 1.807) is 12.4 Å². The minimum Gasteiger partial charge on any atom is -0.350 e. The molecule has 0 atom stereocenters. The average Bonchev–Trinajstić information content (AvgIpc) is 2.95. The van der Waals surface area contributed by atoms with Crippen LogP contribution in [0, 0.1) is 6.57 Å². The lowest BCUT2D eigenvalue weighted by molar-refractivity contribution is 0.448. The van der Waals surface area contributed by atoms with Gasteiger partial charge in [0.25, 0.3) is 0 Å². The van der Waals surface area contributed by atoms with Crippen LogP contribution >= 0.6 is 0 Å². The van der Waals surface area contributed by atoms with E-state index >= 15 is 0 Å². The molecule has 104 valence electrons. The number of nitrogens with one attached hydrogen (secondary N) is 1. The van der Waals surface area contributed by atoms with Crippen molar-refractivity contribution in [2.45, 2.75) is 6.04 Å². The van der Waals surface area contributed by atoms with Gasteiger partial charge in [-0.05, 0) is 13.1 Å².